The van der Waals surface area contributed by atoms with Gasteiger partial charge < -0.3 is 9.47 Å². The SMILES string of the molecule is Brc1ccc(Cn2nc(C3CCCC3)c3ccc(OCc4ccccc4)cc32)cc1.c1ccc(COc2ccc3c(C4CCCC4)nn(Cc4ccccc4)c3c2)cc1. The molecule has 298 valence electrons. The van der Waals surface area contributed by atoms with E-state index < -0.39 is 0 Å². The molecule has 10 rings (SSSR count). The highest BCUT2D eigenvalue weighted by Gasteiger charge is 2.25. The summed E-state index contributed by atoms with van der Waals surface area (Å²) in [6.45, 7) is 2.70. The molecule has 8 aromatic rings. The lowest BCUT2D eigenvalue weighted by Gasteiger charge is -2.08. The van der Waals surface area contributed by atoms with Crippen LogP contribution in [-0.2, 0) is 26.3 Å². The lowest BCUT2D eigenvalue weighted by atomic mass is 10.0. The van der Waals surface area contributed by atoms with Crippen LogP contribution < -0.4 is 9.47 Å². The molecule has 6 aromatic carbocycles. The van der Waals surface area contributed by atoms with E-state index in [0.717, 1.165) is 34.6 Å². The van der Waals surface area contributed by atoms with Gasteiger partial charge in [-0.2, -0.15) is 10.2 Å². The maximum atomic E-state index is 6.11. The second kappa shape index (κ2) is 18.5. The summed E-state index contributed by atoms with van der Waals surface area (Å²) in [4.78, 5) is 0. The largest absolute Gasteiger partial charge is 0.489 e. The molecule has 59 heavy (non-hydrogen) atoms. The highest BCUT2D eigenvalue weighted by Crippen LogP contribution is 2.39. The number of halogens is 1. The maximum absolute atomic E-state index is 6.11. The predicted octanol–water partition coefficient (Wildman–Crippen LogP) is 13.4. The average molecular weight is 844 g/mol. The Bertz CT molecular complexity index is 2570. The second-order valence-corrected chi connectivity index (χ2v) is 17.0. The van der Waals surface area contributed by atoms with E-state index in [2.05, 4.69) is 141 Å². The van der Waals surface area contributed by atoms with Gasteiger partial charge in [-0.05, 0) is 84.3 Å². The number of aromatic nitrogens is 4. The van der Waals surface area contributed by atoms with Gasteiger partial charge in [0.25, 0.3) is 0 Å². The number of hydrogen-bond acceptors (Lipinski definition) is 4. The van der Waals surface area contributed by atoms with Crippen LogP contribution in [0, 0.1) is 0 Å². The fourth-order valence-corrected chi connectivity index (χ4v) is 9.05. The first kappa shape index (κ1) is 38.8. The van der Waals surface area contributed by atoms with E-state index in [-0.39, 0.29) is 0 Å². The van der Waals surface area contributed by atoms with Crippen LogP contribution in [0.3, 0.4) is 0 Å². The van der Waals surface area contributed by atoms with Gasteiger partial charge in [-0.1, -0.05) is 145 Å². The summed E-state index contributed by atoms with van der Waals surface area (Å²) in [6.07, 6.45) is 10.3. The number of ether oxygens (including phenoxy) is 2. The van der Waals surface area contributed by atoms with Crippen LogP contribution in [0.1, 0.15) is 96.8 Å². The molecule has 0 aliphatic heterocycles. The highest BCUT2D eigenvalue weighted by atomic mass is 79.9. The van der Waals surface area contributed by atoms with Crippen LogP contribution in [0.25, 0.3) is 21.8 Å². The fraction of sp³-hybridized carbons (Fsp3) is 0.269. The minimum absolute atomic E-state index is 0.572. The first-order chi connectivity index (χ1) is 29.1. The van der Waals surface area contributed by atoms with E-state index in [9.17, 15) is 0 Å². The van der Waals surface area contributed by atoms with Crippen LogP contribution in [0.15, 0.2) is 156 Å². The van der Waals surface area contributed by atoms with Gasteiger partial charge in [-0.3, -0.25) is 9.36 Å². The quantitative estimate of drug-likeness (QED) is 0.123. The molecular formula is C52H51BrN4O2. The van der Waals surface area contributed by atoms with Gasteiger partial charge in [0.2, 0.25) is 0 Å². The predicted molar refractivity (Wildman–Crippen MR) is 242 cm³/mol. The average Bonchev–Trinajstić information content (AvgIpc) is 4.13. The zero-order valence-corrected chi connectivity index (χ0v) is 35.1. The third kappa shape index (κ3) is 9.47. The fourth-order valence-electron chi connectivity index (χ4n) is 8.78. The van der Waals surface area contributed by atoms with Crippen molar-refractivity contribution in [3.63, 3.8) is 0 Å². The Morgan fingerprint density at radius 1 is 0.458 bits per heavy atom. The Kier molecular flexibility index (Phi) is 12.2. The summed E-state index contributed by atoms with van der Waals surface area (Å²) < 4.78 is 17.6. The molecule has 0 bridgehead atoms. The molecule has 2 heterocycles. The van der Waals surface area contributed by atoms with Crippen LogP contribution >= 0.6 is 15.9 Å². The molecule has 6 nitrogen and oxygen atoms in total. The van der Waals surface area contributed by atoms with Crippen molar-refractivity contribution in [2.45, 2.75) is 89.5 Å². The van der Waals surface area contributed by atoms with E-state index in [0.29, 0.717) is 25.0 Å². The van der Waals surface area contributed by atoms with Gasteiger partial charge in [0.1, 0.15) is 24.7 Å². The maximum Gasteiger partial charge on any atom is 0.121 e. The monoisotopic (exact) mass is 842 g/mol. The minimum atomic E-state index is 0.572. The third-order valence-corrected chi connectivity index (χ3v) is 12.4. The van der Waals surface area contributed by atoms with Crippen molar-refractivity contribution in [1.82, 2.24) is 19.6 Å². The summed E-state index contributed by atoms with van der Waals surface area (Å²) in [6, 6.07) is 52.6. The Morgan fingerprint density at radius 3 is 1.27 bits per heavy atom. The minimum Gasteiger partial charge on any atom is -0.489 e. The topological polar surface area (TPSA) is 54.1 Å². The van der Waals surface area contributed by atoms with Crippen molar-refractivity contribution in [1.29, 1.82) is 0 Å². The Morgan fingerprint density at radius 2 is 0.847 bits per heavy atom. The molecule has 2 aliphatic rings. The number of rotatable bonds is 12. The summed E-state index contributed by atoms with van der Waals surface area (Å²) in [7, 11) is 0. The van der Waals surface area contributed by atoms with Gasteiger partial charge in [-0.15, -0.1) is 0 Å². The van der Waals surface area contributed by atoms with Gasteiger partial charge in [0, 0.05) is 39.2 Å². The summed E-state index contributed by atoms with van der Waals surface area (Å²) >= 11 is 3.53. The second-order valence-electron chi connectivity index (χ2n) is 16.1. The lowest BCUT2D eigenvalue weighted by molar-refractivity contribution is 0.306. The zero-order chi connectivity index (χ0) is 39.8. The standard InChI is InChI=1S/C26H25BrN2O.C26H26N2O/c27-22-12-10-19(11-13-22)17-29-25-16-23(30-18-20-6-2-1-3-7-20)14-15-24(25)26(28-29)21-8-4-5-9-21;1-3-9-20(10-4-1)18-28-25-17-23(29-19-21-11-5-2-6-12-21)15-16-24(25)26(27-28)22-13-7-8-14-22/h1-3,6-7,10-16,21H,4-5,8-9,17-18H2;1-6,9-12,15-17,22H,7-8,13-14,18-19H2. The molecular weight excluding hydrogens is 793 g/mol. The van der Waals surface area contributed by atoms with Crippen LogP contribution in [-0.4, -0.2) is 19.6 Å². The van der Waals surface area contributed by atoms with E-state index in [1.807, 2.05) is 36.4 Å². The van der Waals surface area contributed by atoms with Crippen molar-refractivity contribution in [2.24, 2.45) is 0 Å². The first-order valence-electron chi connectivity index (χ1n) is 21.3. The van der Waals surface area contributed by atoms with Crippen LogP contribution in [0.2, 0.25) is 0 Å². The first-order valence-corrected chi connectivity index (χ1v) is 22.0. The van der Waals surface area contributed by atoms with Crippen molar-refractivity contribution in [2.75, 3.05) is 0 Å². The third-order valence-electron chi connectivity index (χ3n) is 11.9. The Labute approximate surface area is 355 Å². The molecule has 0 N–H and O–H groups in total. The molecule has 0 radical (unpaired) electrons. The van der Waals surface area contributed by atoms with Gasteiger partial charge in [0.15, 0.2) is 0 Å². The van der Waals surface area contributed by atoms with Gasteiger partial charge in [-0.25, -0.2) is 0 Å². The molecule has 0 unspecified atom stereocenters. The van der Waals surface area contributed by atoms with E-state index >= 15 is 0 Å². The molecule has 0 spiro atoms. The molecule has 2 saturated carbocycles. The molecule has 0 atom stereocenters. The van der Waals surface area contributed by atoms with E-state index in [1.165, 1.54) is 101 Å². The molecule has 2 aromatic heterocycles. The van der Waals surface area contributed by atoms with Crippen molar-refractivity contribution >= 4 is 37.7 Å². The molecule has 2 fully saturated rings. The molecule has 2 aliphatic carbocycles. The number of hydrogen-bond donors (Lipinski definition) is 0. The van der Waals surface area contributed by atoms with Crippen LogP contribution in [0.5, 0.6) is 11.5 Å². The summed E-state index contributed by atoms with van der Waals surface area (Å²) in [5.74, 6) is 2.95. The normalized spacial score (nSPS) is 14.5. The van der Waals surface area contributed by atoms with Crippen molar-refractivity contribution in [3.05, 3.63) is 190 Å². The Hall–Kier alpha value is -5.66. The molecule has 7 heteroatoms. The number of nitrogens with zero attached hydrogens (tertiary/aromatic N) is 4. The van der Waals surface area contributed by atoms with Crippen molar-refractivity contribution < 1.29 is 9.47 Å². The summed E-state index contributed by atoms with van der Waals surface area (Å²) in [5, 5.41) is 12.7. The number of fused-ring (bicyclic) bond motifs is 2. The van der Waals surface area contributed by atoms with Gasteiger partial charge >= 0.3 is 0 Å². The smallest absolute Gasteiger partial charge is 0.121 e. The lowest BCUT2D eigenvalue weighted by Crippen LogP contribution is -2.03. The van der Waals surface area contributed by atoms with Crippen molar-refractivity contribution in [3.8, 4) is 11.5 Å². The molecule has 0 amide bonds. The van der Waals surface area contributed by atoms with E-state index in [1.54, 1.807) is 0 Å². The Balaban J connectivity index is 0.000000152. The molecule has 0 saturated heterocycles. The van der Waals surface area contributed by atoms with E-state index in [4.69, 9.17) is 19.7 Å². The zero-order valence-electron chi connectivity index (χ0n) is 33.6. The van der Waals surface area contributed by atoms with Crippen LogP contribution in [0.4, 0.5) is 0 Å². The van der Waals surface area contributed by atoms with Gasteiger partial charge in [0.05, 0.1) is 35.5 Å². The summed E-state index contributed by atoms with van der Waals surface area (Å²) in [5.41, 5.74) is 9.72. The highest BCUT2D eigenvalue weighted by molar-refractivity contribution is 9.10. The number of benzene rings is 6.